The lowest BCUT2D eigenvalue weighted by Crippen LogP contribution is -2.44. The largest absolute Gasteiger partial charge is 0.453 e. The predicted molar refractivity (Wildman–Crippen MR) is 127 cm³/mol. The van der Waals surface area contributed by atoms with Crippen molar-refractivity contribution < 1.29 is 27.4 Å². The molecule has 36 heavy (non-hydrogen) atoms. The van der Waals surface area contributed by atoms with E-state index in [-0.39, 0.29) is 29.9 Å². The molecule has 3 unspecified atom stereocenters. The summed E-state index contributed by atoms with van der Waals surface area (Å²) in [4.78, 5) is 17.9. The minimum absolute atomic E-state index is 0.0773. The Bertz CT molecular complexity index is 947. The third kappa shape index (κ3) is 5.85. The molecule has 1 saturated carbocycles. The minimum Gasteiger partial charge on any atom is -0.372 e. The summed E-state index contributed by atoms with van der Waals surface area (Å²) < 4.78 is 52.0. The van der Waals surface area contributed by atoms with Crippen LogP contribution in [0.4, 0.5) is 13.2 Å². The number of aryl methyl sites for hydroxylation is 1. The molecular weight excluding hydrogens is 495 g/mol. The molecule has 1 amide bonds. The lowest BCUT2D eigenvalue weighted by molar-refractivity contribution is -0.145. The van der Waals surface area contributed by atoms with Crippen LogP contribution in [-0.4, -0.2) is 63.5 Å². The van der Waals surface area contributed by atoms with Gasteiger partial charge < -0.3 is 19.7 Å². The number of hydrogen-bond acceptors (Lipinski definition) is 7. The summed E-state index contributed by atoms with van der Waals surface area (Å²) in [5.41, 5.74) is 0.988. The van der Waals surface area contributed by atoms with E-state index in [4.69, 9.17) is 9.47 Å². The smallest absolute Gasteiger partial charge is 0.372 e. The fourth-order valence-corrected chi connectivity index (χ4v) is 6.82. The van der Waals surface area contributed by atoms with Gasteiger partial charge in [0.2, 0.25) is 5.91 Å². The maximum atomic E-state index is 12.9. The molecule has 8 nitrogen and oxygen atoms in total. The average molecular weight is 530 g/mol. The Hall–Kier alpha value is -1.79. The standard InChI is InChI=1S/C24H34F3N5O3S/c1-15-28-23(24(25,26)27)30-32(15)11-20(33)31-9-7-16(8-10-31)21-29-19(14-36-21)22-34-12-17-5-3-2-4-6-18(17)13-35-22/h14,16-18,21-22,29H,2-13H2,1H3. The first-order chi connectivity index (χ1) is 17.3. The topological polar surface area (TPSA) is 81.5 Å². The van der Waals surface area contributed by atoms with Crippen LogP contribution in [0.1, 0.15) is 56.6 Å². The van der Waals surface area contributed by atoms with Crippen molar-refractivity contribution in [3.8, 4) is 0 Å². The highest BCUT2D eigenvalue weighted by Crippen LogP contribution is 2.37. The van der Waals surface area contributed by atoms with Crippen LogP contribution < -0.4 is 5.32 Å². The number of carbonyl (C=O) groups excluding carboxylic acids is 1. The summed E-state index contributed by atoms with van der Waals surface area (Å²) >= 11 is 1.74. The SMILES string of the molecule is Cc1nc(C(F)(F)F)nn1CC(=O)N1CCC(C2NC(C3OCC4CCCCCC4CO3)=CS2)CC1. The summed E-state index contributed by atoms with van der Waals surface area (Å²) in [5.74, 6) is 0.175. The summed E-state index contributed by atoms with van der Waals surface area (Å²) in [7, 11) is 0. The number of piperidine rings is 1. The average Bonchev–Trinajstić information content (AvgIpc) is 3.34. The lowest BCUT2D eigenvalue weighted by Gasteiger charge is -2.35. The number of nitrogens with zero attached hydrogens (tertiary/aromatic N) is 4. The molecule has 1 aromatic heterocycles. The first-order valence-corrected chi connectivity index (χ1v) is 13.8. The highest BCUT2D eigenvalue weighted by molar-refractivity contribution is 8.03. The normalized spacial score (nSPS) is 30.2. The molecule has 12 heteroatoms. The van der Waals surface area contributed by atoms with Crippen molar-refractivity contribution in [2.45, 2.75) is 76.3 Å². The second-order valence-corrected chi connectivity index (χ2v) is 11.3. The minimum atomic E-state index is -4.62. The molecule has 1 N–H and O–H groups in total. The van der Waals surface area contributed by atoms with Gasteiger partial charge in [0.1, 0.15) is 12.4 Å². The van der Waals surface area contributed by atoms with E-state index in [1.54, 1.807) is 16.7 Å². The van der Waals surface area contributed by atoms with Crippen molar-refractivity contribution in [2.24, 2.45) is 17.8 Å². The van der Waals surface area contributed by atoms with E-state index < -0.39 is 12.0 Å². The number of fused-ring (bicyclic) bond motifs is 1. The van der Waals surface area contributed by atoms with Crippen molar-refractivity contribution in [1.29, 1.82) is 0 Å². The van der Waals surface area contributed by atoms with Gasteiger partial charge in [-0.25, -0.2) is 9.67 Å². The molecule has 4 heterocycles. The summed E-state index contributed by atoms with van der Waals surface area (Å²) in [6, 6.07) is 0. The monoisotopic (exact) mass is 529 g/mol. The van der Waals surface area contributed by atoms with Crippen LogP contribution in [0.15, 0.2) is 11.1 Å². The van der Waals surface area contributed by atoms with E-state index in [0.717, 1.165) is 36.4 Å². The number of carbonyl (C=O) groups is 1. The number of amides is 1. The number of aromatic nitrogens is 3. The van der Waals surface area contributed by atoms with Crippen LogP contribution in [0.25, 0.3) is 0 Å². The number of alkyl halides is 3. The van der Waals surface area contributed by atoms with E-state index in [1.807, 2.05) is 0 Å². The summed E-state index contributed by atoms with van der Waals surface area (Å²) in [6.07, 6.45) is 2.99. The maximum Gasteiger partial charge on any atom is 0.453 e. The van der Waals surface area contributed by atoms with Gasteiger partial charge in [-0.3, -0.25) is 4.79 Å². The van der Waals surface area contributed by atoms with Gasteiger partial charge in [0, 0.05) is 13.1 Å². The highest BCUT2D eigenvalue weighted by atomic mass is 32.2. The number of thioether (sulfide) groups is 1. The van der Waals surface area contributed by atoms with Crippen LogP contribution in [0.5, 0.6) is 0 Å². The number of likely N-dealkylation sites (tertiary alicyclic amines) is 1. The van der Waals surface area contributed by atoms with Crippen LogP contribution in [0.2, 0.25) is 0 Å². The van der Waals surface area contributed by atoms with Gasteiger partial charge in [-0.1, -0.05) is 19.3 Å². The molecule has 2 saturated heterocycles. The first-order valence-electron chi connectivity index (χ1n) is 12.9. The molecule has 3 aliphatic heterocycles. The Morgan fingerprint density at radius 3 is 2.36 bits per heavy atom. The van der Waals surface area contributed by atoms with Crippen molar-refractivity contribution in [1.82, 2.24) is 25.0 Å². The summed E-state index contributed by atoms with van der Waals surface area (Å²) in [5, 5.41) is 9.38. The van der Waals surface area contributed by atoms with E-state index in [9.17, 15) is 18.0 Å². The third-order valence-corrected chi connectivity index (χ3v) is 9.05. The Kier molecular flexibility index (Phi) is 7.83. The van der Waals surface area contributed by atoms with Crippen LogP contribution in [-0.2, 0) is 27.0 Å². The van der Waals surface area contributed by atoms with Crippen molar-refractivity contribution in [3.63, 3.8) is 0 Å². The third-order valence-electron chi connectivity index (χ3n) is 7.86. The Balaban J connectivity index is 1.08. The van der Waals surface area contributed by atoms with Gasteiger partial charge in [0.15, 0.2) is 6.29 Å². The molecule has 0 radical (unpaired) electrons. The molecule has 3 fully saturated rings. The van der Waals surface area contributed by atoms with Crippen LogP contribution in [0, 0.1) is 24.7 Å². The molecule has 1 aliphatic carbocycles. The molecule has 4 aliphatic rings. The number of rotatable bonds is 4. The van der Waals surface area contributed by atoms with E-state index in [2.05, 4.69) is 20.8 Å². The summed E-state index contributed by atoms with van der Waals surface area (Å²) in [6.45, 7) is 3.82. The maximum absolute atomic E-state index is 12.9. The zero-order valence-corrected chi connectivity index (χ0v) is 21.3. The predicted octanol–water partition coefficient (Wildman–Crippen LogP) is 3.92. The van der Waals surface area contributed by atoms with Gasteiger partial charge in [-0.2, -0.15) is 13.2 Å². The molecule has 1 aromatic rings. The quantitative estimate of drug-likeness (QED) is 0.633. The van der Waals surface area contributed by atoms with Gasteiger partial charge >= 0.3 is 6.18 Å². The van der Waals surface area contributed by atoms with Gasteiger partial charge in [0.25, 0.3) is 5.82 Å². The number of nitrogens with one attached hydrogen (secondary N) is 1. The van der Waals surface area contributed by atoms with Crippen LogP contribution in [0.3, 0.4) is 0 Å². The van der Waals surface area contributed by atoms with Crippen LogP contribution >= 0.6 is 11.8 Å². The lowest BCUT2D eigenvalue weighted by atomic mass is 9.89. The fourth-order valence-electron chi connectivity index (χ4n) is 5.65. The number of ether oxygens (including phenoxy) is 2. The van der Waals surface area contributed by atoms with Gasteiger partial charge in [0.05, 0.1) is 24.3 Å². The number of halogens is 3. The van der Waals surface area contributed by atoms with E-state index >= 15 is 0 Å². The first kappa shape index (κ1) is 25.8. The Morgan fingerprint density at radius 1 is 1.08 bits per heavy atom. The molecular formula is C24H34F3N5O3S. The second-order valence-electron chi connectivity index (χ2n) is 10.3. The zero-order chi connectivity index (χ0) is 25.3. The molecule has 5 rings (SSSR count). The fraction of sp³-hybridized carbons (Fsp3) is 0.792. The Morgan fingerprint density at radius 2 is 1.75 bits per heavy atom. The molecule has 0 aromatic carbocycles. The van der Waals surface area contributed by atoms with Crippen molar-refractivity contribution >= 4 is 17.7 Å². The second kappa shape index (κ2) is 10.9. The highest BCUT2D eigenvalue weighted by Gasteiger charge is 2.38. The van der Waals surface area contributed by atoms with Gasteiger partial charge in [-0.15, -0.1) is 16.9 Å². The molecule has 3 atom stereocenters. The molecule has 200 valence electrons. The van der Waals surface area contributed by atoms with E-state index in [0.29, 0.717) is 30.8 Å². The van der Waals surface area contributed by atoms with Gasteiger partial charge in [-0.05, 0) is 55.8 Å². The zero-order valence-electron chi connectivity index (χ0n) is 20.5. The molecule has 0 bridgehead atoms. The van der Waals surface area contributed by atoms with Crippen molar-refractivity contribution in [3.05, 3.63) is 22.8 Å². The number of hydrogen-bond donors (Lipinski definition) is 1. The Labute approximate surface area is 213 Å². The van der Waals surface area contributed by atoms with E-state index in [1.165, 1.54) is 39.0 Å². The van der Waals surface area contributed by atoms with Crippen molar-refractivity contribution in [2.75, 3.05) is 26.3 Å². The molecule has 0 spiro atoms.